The molecular weight excluding hydrogens is 375 g/mol. The Morgan fingerprint density at radius 3 is 1.83 bits per heavy atom. The Bertz CT molecular complexity index is 548. The van der Waals surface area contributed by atoms with E-state index in [0.29, 0.717) is 12.1 Å². The monoisotopic (exact) mass is 383 g/mol. The van der Waals surface area contributed by atoms with E-state index in [0.717, 1.165) is 0 Å². The third kappa shape index (κ3) is 6.74. The summed E-state index contributed by atoms with van der Waals surface area (Å²) in [5, 5.41) is 1.76. The molecule has 0 fully saturated rings. The fraction of sp³-hybridized carbons (Fsp3) is 0.417. The van der Waals surface area contributed by atoms with E-state index in [4.69, 9.17) is 23.2 Å². The Morgan fingerprint density at radius 2 is 1.48 bits per heavy atom. The van der Waals surface area contributed by atoms with Crippen LogP contribution >= 0.6 is 23.2 Å². The van der Waals surface area contributed by atoms with Crippen LogP contribution in [-0.4, -0.2) is 17.0 Å². The molecule has 0 unspecified atom stereocenters. The summed E-state index contributed by atoms with van der Waals surface area (Å²) in [5.41, 5.74) is -3.87. The van der Waals surface area contributed by atoms with Crippen LogP contribution in [0.15, 0.2) is 18.2 Å². The molecular formula is C12H9Cl2F6NO2. The molecule has 1 aromatic rings. The second-order valence-electron chi connectivity index (χ2n) is 4.57. The summed E-state index contributed by atoms with van der Waals surface area (Å²) >= 11 is 11.0. The minimum Gasteiger partial charge on any atom is -0.446 e. The molecule has 1 rings (SSSR count). The molecule has 1 aromatic carbocycles. The number of halogens is 8. The van der Waals surface area contributed by atoms with Gasteiger partial charge in [0.2, 0.25) is 0 Å². The summed E-state index contributed by atoms with van der Waals surface area (Å²) in [4.78, 5) is 11.4. The highest BCUT2D eigenvalue weighted by Crippen LogP contribution is 2.37. The van der Waals surface area contributed by atoms with Crippen LogP contribution in [0.2, 0.25) is 0 Å². The van der Waals surface area contributed by atoms with E-state index in [1.54, 1.807) is 5.32 Å². The second kappa shape index (κ2) is 6.64. The van der Waals surface area contributed by atoms with Gasteiger partial charge < -0.3 is 4.74 Å². The van der Waals surface area contributed by atoms with Crippen LogP contribution in [0.3, 0.4) is 0 Å². The van der Waals surface area contributed by atoms with E-state index in [9.17, 15) is 31.1 Å². The highest BCUT2D eigenvalue weighted by Gasteiger charge is 2.37. The van der Waals surface area contributed by atoms with Crippen molar-refractivity contribution in [2.24, 2.45) is 0 Å². The van der Waals surface area contributed by atoms with Gasteiger partial charge in [0.05, 0.1) is 11.1 Å². The van der Waals surface area contributed by atoms with Crippen molar-refractivity contribution in [3.63, 3.8) is 0 Å². The maximum Gasteiger partial charge on any atom is 0.416 e. The van der Waals surface area contributed by atoms with Crippen molar-refractivity contribution in [2.45, 2.75) is 23.6 Å². The van der Waals surface area contributed by atoms with Crippen molar-refractivity contribution in [1.82, 2.24) is 0 Å². The van der Waals surface area contributed by atoms with Crippen molar-refractivity contribution in [2.75, 3.05) is 11.9 Å². The van der Waals surface area contributed by atoms with Crippen molar-refractivity contribution in [3.8, 4) is 0 Å². The summed E-state index contributed by atoms with van der Waals surface area (Å²) in [6.07, 6.45) is -11.3. The van der Waals surface area contributed by atoms with E-state index in [-0.39, 0.29) is 6.07 Å². The Hall–Kier alpha value is -1.35. The second-order valence-corrected chi connectivity index (χ2v) is 6.43. The molecule has 0 bridgehead atoms. The van der Waals surface area contributed by atoms with Crippen LogP contribution in [0.25, 0.3) is 0 Å². The van der Waals surface area contributed by atoms with Crippen molar-refractivity contribution >= 4 is 35.0 Å². The number of anilines is 1. The number of ether oxygens (including phenoxy) is 1. The Balaban J connectivity index is 3.04. The molecule has 23 heavy (non-hydrogen) atoms. The topological polar surface area (TPSA) is 38.3 Å². The van der Waals surface area contributed by atoms with Crippen LogP contribution < -0.4 is 5.32 Å². The molecule has 0 aliphatic rings. The molecule has 11 heteroatoms. The molecule has 0 radical (unpaired) electrons. The molecule has 0 aromatic heterocycles. The molecule has 0 saturated heterocycles. The lowest BCUT2D eigenvalue weighted by atomic mass is 10.1. The standard InChI is InChI=1S/C12H9Cl2F6NO2/c1-10(13,14)5-23-9(22)21-8-3-6(11(15,16)17)2-7(4-8)12(18,19)20/h2-4H,5H2,1H3,(H,21,22). The molecule has 130 valence electrons. The number of benzene rings is 1. The minimum absolute atomic E-state index is 0.0644. The van der Waals surface area contributed by atoms with Gasteiger partial charge in [0.15, 0.2) is 0 Å². The minimum atomic E-state index is -5.02. The van der Waals surface area contributed by atoms with Crippen LogP contribution in [0.4, 0.5) is 36.8 Å². The lowest BCUT2D eigenvalue weighted by Crippen LogP contribution is -2.23. The summed E-state index contributed by atoms with van der Waals surface area (Å²) in [5.74, 6) is 0. The predicted molar refractivity (Wildman–Crippen MR) is 71.5 cm³/mol. The number of carbonyl (C=O) groups is 1. The Morgan fingerprint density at radius 1 is 1.04 bits per heavy atom. The third-order valence-electron chi connectivity index (χ3n) is 2.29. The molecule has 0 aliphatic carbocycles. The summed E-state index contributed by atoms with van der Waals surface area (Å²) in [6.45, 7) is 0.752. The molecule has 0 aliphatic heterocycles. The van der Waals surface area contributed by atoms with Crippen LogP contribution in [0.1, 0.15) is 18.1 Å². The van der Waals surface area contributed by atoms with Crippen molar-refractivity contribution in [1.29, 1.82) is 0 Å². The third-order valence-corrected chi connectivity index (χ3v) is 2.51. The largest absolute Gasteiger partial charge is 0.446 e. The van der Waals surface area contributed by atoms with Gasteiger partial charge in [-0.05, 0) is 25.1 Å². The van der Waals surface area contributed by atoms with Crippen LogP contribution in [0.5, 0.6) is 0 Å². The van der Waals surface area contributed by atoms with Crippen molar-refractivity contribution < 1.29 is 35.9 Å². The highest BCUT2D eigenvalue weighted by molar-refractivity contribution is 6.48. The number of nitrogens with one attached hydrogen (secondary N) is 1. The Labute approximate surface area is 136 Å². The van der Waals surface area contributed by atoms with Crippen molar-refractivity contribution in [3.05, 3.63) is 29.3 Å². The number of amides is 1. The van der Waals surface area contributed by atoms with Gasteiger partial charge in [-0.25, -0.2) is 4.79 Å². The molecule has 1 amide bonds. The first-order chi connectivity index (χ1) is 10.2. The zero-order valence-electron chi connectivity index (χ0n) is 11.3. The van der Waals surface area contributed by atoms with Crippen LogP contribution in [-0.2, 0) is 17.1 Å². The average Bonchev–Trinajstić information content (AvgIpc) is 2.33. The number of alkyl halides is 8. The molecule has 1 N–H and O–H groups in total. The van der Waals surface area contributed by atoms with E-state index in [1.165, 1.54) is 6.92 Å². The smallest absolute Gasteiger partial charge is 0.416 e. The van der Waals surface area contributed by atoms with Gasteiger partial charge in [-0.3, -0.25) is 5.32 Å². The predicted octanol–water partition coefficient (Wildman–Crippen LogP) is 5.47. The first-order valence-electron chi connectivity index (χ1n) is 5.79. The molecule has 3 nitrogen and oxygen atoms in total. The maximum atomic E-state index is 12.6. The molecule has 0 saturated carbocycles. The highest BCUT2D eigenvalue weighted by atomic mass is 35.5. The molecule has 0 spiro atoms. The van der Waals surface area contributed by atoms with Gasteiger partial charge in [-0.15, -0.1) is 0 Å². The fourth-order valence-electron chi connectivity index (χ4n) is 1.37. The summed E-state index contributed by atoms with van der Waals surface area (Å²) in [6, 6.07) is 0.624. The quantitative estimate of drug-likeness (QED) is 0.555. The van der Waals surface area contributed by atoms with Gasteiger partial charge in [-0.2, -0.15) is 26.3 Å². The van der Waals surface area contributed by atoms with E-state index < -0.39 is 46.2 Å². The number of hydrogen-bond acceptors (Lipinski definition) is 2. The first-order valence-corrected chi connectivity index (χ1v) is 6.55. The lowest BCUT2D eigenvalue weighted by Gasteiger charge is -2.16. The number of rotatable bonds is 3. The maximum absolute atomic E-state index is 12.6. The average molecular weight is 384 g/mol. The van der Waals surface area contributed by atoms with Gasteiger partial charge in [0, 0.05) is 5.69 Å². The van der Waals surface area contributed by atoms with Crippen LogP contribution in [0, 0.1) is 0 Å². The summed E-state index contributed by atoms with van der Waals surface area (Å²) in [7, 11) is 0. The van der Waals surface area contributed by atoms with E-state index >= 15 is 0 Å². The zero-order chi connectivity index (χ0) is 18.1. The molecule has 0 heterocycles. The van der Waals surface area contributed by atoms with E-state index in [1.807, 2.05) is 0 Å². The van der Waals surface area contributed by atoms with Gasteiger partial charge in [-0.1, -0.05) is 23.2 Å². The normalized spacial score (nSPS) is 12.9. The SMILES string of the molecule is CC(Cl)(Cl)COC(=O)Nc1cc(C(F)(F)F)cc(C(F)(F)F)c1. The van der Waals surface area contributed by atoms with E-state index in [2.05, 4.69) is 4.74 Å². The molecule has 0 atom stereocenters. The lowest BCUT2D eigenvalue weighted by molar-refractivity contribution is -0.143. The van der Waals surface area contributed by atoms with Gasteiger partial charge in [0.25, 0.3) is 0 Å². The summed E-state index contributed by atoms with van der Waals surface area (Å²) < 4.78 is 78.8. The van der Waals surface area contributed by atoms with Gasteiger partial charge in [0.1, 0.15) is 10.9 Å². The number of carbonyl (C=O) groups excluding carboxylic acids is 1. The zero-order valence-corrected chi connectivity index (χ0v) is 12.8. The Kier molecular flexibility index (Phi) is 5.69. The van der Waals surface area contributed by atoms with Gasteiger partial charge >= 0.3 is 18.4 Å². The fourth-order valence-corrected chi connectivity index (χ4v) is 1.48. The first kappa shape index (κ1) is 19.7. The number of hydrogen-bond donors (Lipinski definition) is 1.